The predicted molar refractivity (Wildman–Crippen MR) is 112 cm³/mol. The van der Waals surface area contributed by atoms with E-state index in [0.717, 1.165) is 35.9 Å². The smallest absolute Gasteiger partial charge is 0.319 e. The molecule has 142 valence electrons. The number of aryl methyl sites for hydroxylation is 1. The fourth-order valence-electron chi connectivity index (χ4n) is 2.83. The molecule has 27 heavy (non-hydrogen) atoms. The molecule has 1 aliphatic rings. The molecule has 0 fully saturated rings. The van der Waals surface area contributed by atoms with Crippen LogP contribution in [0.5, 0.6) is 0 Å². The van der Waals surface area contributed by atoms with Gasteiger partial charge in [-0.1, -0.05) is 41.4 Å². The van der Waals surface area contributed by atoms with Gasteiger partial charge in [0.25, 0.3) is 0 Å². The van der Waals surface area contributed by atoms with Crippen LogP contribution in [0.1, 0.15) is 5.56 Å². The number of hydrogen-bond donors (Lipinski definition) is 3. The van der Waals surface area contributed by atoms with Crippen LogP contribution in [0, 0.1) is 6.92 Å². The Balaban J connectivity index is 1.41. The summed E-state index contributed by atoms with van der Waals surface area (Å²) in [6.07, 6.45) is 0. The Labute approximate surface area is 164 Å². The number of halogens is 1. The van der Waals surface area contributed by atoms with Gasteiger partial charge < -0.3 is 20.9 Å². The molecule has 2 aromatic rings. The van der Waals surface area contributed by atoms with Crippen LogP contribution in [0.4, 0.5) is 16.2 Å². The van der Waals surface area contributed by atoms with Gasteiger partial charge >= 0.3 is 6.03 Å². The first-order valence-corrected chi connectivity index (χ1v) is 9.38. The van der Waals surface area contributed by atoms with E-state index in [9.17, 15) is 4.79 Å². The molecule has 0 saturated heterocycles. The summed E-state index contributed by atoms with van der Waals surface area (Å²) in [7, 11) is 0. The number of para-hydroxylation sites is 1. The summed E-state index contributed by atoms with van der Waals surface area (Å²) in [5.41, 5.74) is 2.84. The molecule has 1 aliphatic heterocycles. The number of hydrogen-bond acceptors (Lipinski definition) is 4. The van der Waals surface area contributed by atoms with Crippen molar-refractivity contribution < 1.29 is 4.79 Å². The van der Waals surface area contributed by atoms with Gasteiger partial charge in [-0.15, -0.1) is 0 Å². The molecule has 2 aromatic carbocycles. The average Bonchev–Trinajstić information content (AvgIpc) is 3.10. The molecule has 0 atom stereocenters. The monoisotopic (exact) mass is 385 g/mol. The molecule has 0 radical (unpaired) electrons. The Morgan fingerprint density at radius 1 is 1.19 bits per heavy atom. The number of nitrogens with one attached hydrogen (secondary N) is 3. The van der Waals surface area contributed by atoms with Crippen LogP contribution in [0.25, 0.3) is 0 Å². The summed E-state index contributed by atoms with van der Waals surface area (Å²) >= 11 is 6.17. The zero-order chi connectivity index (χ0) is 19.1. The summed E-state index contributed by atoms with van der Waals surface area (Å²) in [5, 5.41) is 9.73. The van der Waals surface area contributed by atoms with E-state index < -0.39 is 0 Å². The molecule has 3 N–H and O–H groups in total. The van der Waals surface area contributed by atoms with Gasteiger partial charge in [-0.05, 0) is 31.2 Å². The first-order chi connectivity index (χ1) is 13.1. The number of carbonyl (C=O) groups is 1. The van der Waals surface area contributed by atoms with Crippen LogP contribution in [-0.4, -0.2) is 49.5 Å². The van der Waals surface area contributed by atoms with Crippen molar-refractivity contribution in [1.29, 1.82) is 0 Å². The SMILES string of the molecule is Cc1ccc(NC(=O)NCCN2CCN=C2CNc2ccccc2Cl)cc1. The van der Waals surface area contributed by atoms with Gasteiger partial charge in [-0.2, -0.15) is 0 Å². The second-order valence-corrected chi connectivity index (χ2v) is 6.77. The van der Waals surface area contributed by atoms with Crippen LogP contribution < -0.4 is 16.0 Å². The zero-order valence-corrected chi connectivity index (χ0v) is 16.1. The second kappa shape index (κ2) is 9.28. The van der Waals surface area contributed by atoms with E-state index in [1.54, 1.807) is 0 Å². The lowest BCUT2D eigenvalue weighted by Crippen LogP contribution is -2.40. The van der Waals surface area contributed by atoms with E-state index in [0.29, 0.717) is 24.7 Å². The minimum atomic E-state index is -0.203. The van der Waals surface area contributed by atoms with E-state index in [1.807, 2.05) is 55.5 Å². The molecule has 0 aliphatic carbocycles. The highest BCUT2D eigenvalue weighted by atomic mass is 35.5. The van der Waals surface area contributed by atoms with E-state index in [1.165, 1.54) is 0 Å². The summed E-state index contributed by atoms with van der Waals surface area (Å²) < 4.78 is 0. The van der Waals surface area contributed by atoms with Gasteiger partial charge in [-0.3, -0.25) is 4.99 Å². The van der Waals surface area contributed by atoms with Crippen molar-refractivity contribution in [3.63, 3.8) is 0 Å². The van der Waals surface area contributed by atoms with Crippen LogP contribution in [0.2, 0.25) is 5.02 Å². The van der Waals surface area contributed by atoms with Crippen molar-refractivity contribution in [2.24, 2.45) is 4.99 Å². The lowest BCUT2D eigenvalue weighted by atomic mass is 10.2. The number of anilines is 2. The number of nitrogens with zero attached hydrogens (tertiary/aromatic N) is 2. The zero-order valence-electron chi connectivity index (χ0n) is 15.3. The van der Waals surface area contributed by atoms with Gasteiger partial charge in [0.05, 0.1) is 23.8 Å². The maximum absolute atomic E-state index is 12.0. The molecule has 0 spiro atoms. The third-order valence-electron chi connectivity index (χ3n) is 4.32. The lowest BCUT2D eigenvalue weighted by molar-refractivity contribution is 0.251. The maximum Gasteiger partial charge on any atom is 0.319 e. The fraction of sp³-hybridized carbons (Fsp3) is 0.300. The van der Waals surface area contributed by atoms with E-state index in [4.69, 9.17) is 11.6 Å². The molecule has 3 rings (SSSR count). The number of amidine groups is 1. The van der Waals surface area contributed by atoms with Gasteiger partial charge in [0.15, 0.2) is 0 Å². The minimum absolute atomic E-state index is 0.203. The Kier molecular flexibility index (Phi) is 6.54. The molecule has 1 heterocycles. The van der Waals surface area contributed by atoms with Crippen LogP contribution >= 0.6 is 11.6 Å². The van der Waals surface area contributed by atoms with Crippen LogP contribution in [0.3, 0.4) is 0 Å². The van der Waals surface area contributed by atoms with Crippen molar-refractivity contribution in [2.45, 2.75) is 6.92 Å². The predicted octanol–water partition coefficient (Wildman–Crippen LogP) is 3.60. The topological polar surface area (TPSA) is 68.8 Å². The van der Waals surface area contributed by atoms with Crippen molar-refractivity contribution >= 4 is 34.8 Å². The van der Waals surface area contributed by atoms with Crippen molar-refractivity contribution in [2.75, 3.05) is 43.4 Å². The Morgan fingerprint density at radius 2 is 1.96 bits per heavy atom. The number of amides is 2. The number of carbonyl (C=O) groups excluding carboxylic acids is 1. The normalized spacial score (nSPS) is 13.3. The quantitative estimate of drug-likeness (QED) is 0.682. The van der Waals surface area contributed by atoms with E-state index in [2.05, 4.69) is 25.8 Å². The Morgan fingerprint density at radius 3 is 2.74 bits per heavy atom. The first-order valence-electron chi connectivity index (χ1n) is 9.00. The molecular weight excluding hydrogens is 362 g/mol. The highest BCUT2D eigenvalue weighted by Crippen LogP contribution is 2.20. The second-order valence-electron chi connectivity index (χ2n) is 6.37. The number of aliphatic imine (C=N–C) groups is 1. The summed E-state index contributed by atoms with van der Waals surface area (Å²) in [6, 6.07) is 15.2. The maximum atomic E-state index is 12.0. The molecule has 0 bridgehead atoms. The van der Waals surface area contributed by atoms with Crippen LogP contribution in [0.15, 0.2) is 53.5 Å². The summed E-state index contributed by atoms with van der Waals surface area (Å²) in [4.78, 5) is 18.7. The minimum Gasteiger partial charge on any atom is -0.377 e. The Bertz CT molecular complexity index is 806. The third kappa shape index (κ3) is 5.62. The van der Waals surface area contributed by atoms with E-state index in [-0.39, 0.29) is 6.03 Å². The fourth-order valence-corrected chi connectivity index (χ4v) is 3.04. The molecular formula is C20H24ClN5O. The Hall–Kier alpha value is -2.73. The molecule has 0 aromatic heterocycles. The molecule has 6 nitrogen and oxygen atoms in total. The van der Waals surface area contributed by atoms with Gasteiger partial charge in [0.2, 0.25) is 0 Å². The van der Waals surface area contributed by atoms with Crippen molar-refractivity contribution in [3.8, 4) is 0 Å². The van der Waals surface area contributed by atoms with Crippen molar-refractivity contribution in [1.82, 2.24) is 10.2 Å². The molecule has 0 unspecified atom stereocenters. The summed E-state index contributed by atoms with van der Waals surface area (Å²) in [5.74, 6) is 0.982. The molecule has 7 heteroatoms. The van der Waals surface area contributed by atoms with Gasteiger partial charge in [-0.25, -0.2) is 4.79 Å². The first kappa shape index (κ1) is 19.0. The number of benzene rings is 2. The van der Waals surface area contributed by atoms with Gasteiger partial charge in [0.1, 0.15) is 5.84 Å². The number of urea groups is 1. The number of rotatable bonds is 7. The summed E-state index contributed by atoms with van der Waals surface area (Å²) in [6.45, 7) is 5.52. The average molecular weight is 386 g/mol. The largest absolute Gasteiger partial charge is 0.377 e. The molecule has 2 amide bonds. The highest BCUT2D eigenvalue weighted by molar-refractivity contribution is 6.33. The van der Waals surface area contributed by atoms with Crippen molar-refractivity contribution in [3.05, 3.63) is 59.1 Å². The van der Waals surface area contributed by atoms with Gasteiger partial charge in [0, 0.05) is 25.3 Å². The molecule has 0 saturated carbocycles. The third-order valence-corrected chi connectivity index (χ3v) is 4.65. The van der Waals surface area contributed by atoms with E-state index >= 15 is 0 Å². The highest BCUT2D eigenvalue weighted by Gasteiger charge is 2.16. The lowest BCUT2D eigenvalue weighted by Gasteiger charge is -2.21. The van der Waals surface area contributed by atoms with Crippen LogP contribution in [-0.2, 0) is 0 Å². The standard InChI is InChI=1S/C20H24ClN5O/c1-15-6-8-16(9-7-15)25-20(27)23-11-13-26-12-10-22-19(26)14-24-18-5-3-2-4-17(18)21/h2-9,24H,10-14H2,1H3,(H2,23,25,27).